The zero-order valence-corrected chi connectivity index (χ0v) is 11.1. The number of allylic oxidation sites excluding steroid dienone is 2. The first-order valence-corrected chi connectivity index (χ1v) is 6.22. The fourth-order valence-electron chi connectivity index (χ4n) is 2.27. The summed E-state index contributed by atoms with van der Waals surface area (Å²) in [6, 6.07) is 1.82. The maximum atomic E-state index is 13.1. The molecular formula is C14H12F6N2. The lowest BCUT2D eigenvalue weighted by molar-refractivity contribution is -0.137. The molecule has 1 aliphatic rings. The molecule has 0 bridgehead atoms. The SMILES string of the molecule is Nc1ccc(C2=CCC(N)C=C2C(F)(F)F)c(C(F)(F)F)c1. The highest BCUT2D eigenvalue weighted by molar-refractivity contribution is 5.84. The molecule has 0 saturated heterocycles. The molecule has 8 heteroatoms. The van der Waals surface area contributed by atoms with Gasteiger partial charge in [-0.3, -0.25) is 0 Å². The summed E-state index contributed by atoms with van der Waals surface area (Å²) < 4.78 is 78.5. The fourth-order valence-corrected chi connectivity index (χ4v) is 2.27. The summed E-state index contributed by atoms with van der Waals surface area (Å²) in [7, 11) is 0. The number of rotatable bonds is 1. The van der Waals surface area contributed by atoms with Crippen LogP contribution in [0.15, 0.2) is 35.9 Å². The van der Waals surface area contributed by atoms with Gasteiger partial charge in [0.25, 0.3) is 0 Å². The van der Waals surface area contributed by atoms with Gasteiger partial charge in [0.2, 0.25) is 0 Å². The Morgan fingerprint density at radius 1 is 1.00 bits per heavy atom. The van der Waals surface area contributed by atoms with E-state index in [9.17, 15) is 26.3 Å². The summed E-state index contributed by atoms with van der Waals surface area (Å²) in [4.78, 5) is 0. The van der Waals surface area contributed by atoms with E-state index in [4.69, 9.17) is 11.5 Å². The van der Waals surface area contributed by atoms with Crippen molar-refractivity contribution in [3.05, 3.63) is 47.1 Å². The average molecular weight is 322 g/mol. The standard InChI is InChI=1S/C14H12F6N2/c15-13(16,17)11-5-7(21)1-3-9(11)10-4-2-8(22)6-12(10)14(18,19)20/h1,3-6,8H,2,21-22H2. The minimum atomic E-state index is -4.82. The highest BCUT2D eigenvalue weighted by Crippen LogP contribution is 2.44. The molecule has 0 spiro atoms. The van der Waals surface area contributed by atoms with Crippen molar-refractivity contribution in [3.8, 4) is 0 Å². The first-order chi connectivity index (χ1) is 10.00. The van der Waals surface area contributed by atoms with Crippen LogP contribution in [0.5, 0.6) is 0 Å². The van der Waals surface area contributed by atoms with Gasteiger partial charge < -0.3 is 11.5 Å². The Morgan fingerprint density at radius 2 is 1.64 bits per heavy atom. The minimum absolute atomic E-state index is 0.0244. The average Bonchev–Trinajstić information content (AvgIpc) is 2.37. The second kappa shape index (κ2) is 5.35. The summed E-state index contributed by atoms with van der Waals surface area (Å²) in [6.45, 7) is 0. The molecule has 1 unspecified atom stereocenters. The van der Waals surface area contributed by atoms with Gasteiger partial charge in [0.1, 0.15) is 0 Å². The van der Waals surface area contributed by atoms with Crippen molar-refractivity contribution in [1.82, 2.24) is 0 Å². The van der Waals surface area contributed by atoms with Gasteiger partial charge in [-0.1, -0.05) is 18.2 Å². The third kappa shape index (κ3) is 3.27. The Hall–Kier alpha value is -1.96. The van der Waals surface area contributed by atoms with Crippen molar-refractivity contribution in [2.24, 2.45) is 5.73 Å². The fraction of sp³-hybridized carbons (Fsp3) is 0.286. The van der Waals surface area contributed by atoms with E-state index in [1.807, 2.05) is 0 Å². The van der Waals surface area contributed by atoms with Crippen LogP contribution in [0.1, 0.15) is 17.5 Å². The molecule has 0 amide bonds. The molecule has 1 aliphatic carbocycles. The van der Waals surface area contributed by atoms with Crippen molar-refractivity contribution in [2.75, 3.05) is 5.73 Å². The Kier molecular flexibility index (Phi) is 3.99. The summed E-state index contributed by atoms with van der Waals surface area (Å²) in [5.74, 6) is 0. The lowest BCUT2D eigenvalue weighted by Crippen LogP contribution is -2.25. The molecule has 1 aromatic rings. The predicted molar refractivity (Wildman–Crippen MR) is 70.6 cm³/mol. The van der Waals surface area contributed by atoms with Crippen LogP contribution in [0.25, 0.3) is 5.57 Å². The molecule has 0 saturated carbocycles. The first-order valence-electron chi connectivity index (χ1n) is 6.22. The van der Waals surface area contributed by atoms with Crippen molar-refractivity contribution >= 4 is 11.3 Å². The summed E-state index contributed by atoms with van der Waals surface area (Å²) in [6.07, 6.45) is -7.77. The number of nitrogens with two attached hydrogens (primary N) is 2. The highest BCUT2D eigenvalue weighted by Gasteiger charge is 2.41. The molecular weight excluding hydrogens is 310 g/mol. The largest absolute Gasteiger partial charge is 0.417 e. The van der Waals surface area contributed by atoms with Crippen LogP contribution in [0, 0.1) is 0 Å². The monoisotopic (exact) mass is 322 g/mol. The normalized spacial score (nSPS) is 19.7. The zero-order chi connectivity index (χ0) is 16.7. The summed E-state index contributed by atoms with van der Waals surface area (Å²) in [5, 5.41) is 0. The van der Waals surface area contributed by atoms with Gasteiger partial charge >= 0.3 is 12.4 Å². The topological polar surface area (TPSA) is 52.0 Å². The summed E-state index contributed by atoms with van der Waals surface area (Å²) in [5.41, 5.74) is 7.13. The Labute approximate surface area is 122 Å². The predicted octanol–water partition coefficient (Wildman–Crippen LogP) is 3.89. The minimum Gasteiger partial charge on any atom is -0.399 e. The number of halogens is 6. The van der Waals surface area contributed by atoms with Gasteiger partial charge in [-0.25, -0.2) is 0 Å². The zero-order valence-electron chi connectivity index (χ0n) is 11.1. The lowest BCUT2D eigenvalue weighted by atomic mass is 9.87. The first kappa shape index (κ1) is 16.4. The van der Waals surface area contributed by atoms with Crippen LogP contribution in [0.3, 0.4) is 0 Å². The van der Waals surface area contributed by atoms with E-state index in [1.54, 1.807) is 0 Å². The van der Waals surface area contributed by atoms with Crippen LogP contribution in [-0.2, 0) is 6.18 Å². The molecule has 2 rings (SSSR count). The third-order valence-corrected chi connectivity index (χ3v) is 3.21. The number of hydrogen-bond acceptors (Lipinski definition) is 2. The number of hydrogen-bond donors (Lipinski definition) is 2. The lowest BCUT2D eigenvalue weighted by Gasteiger charge is -2.24. The van der Waals surface area contributed by atoms with Gasteiger partial charge in [0.05, 0.1) is 11.1 Å². The van der Waals surface area contributed by atoms with E-state index in [2.05, 4.69) is 0 Å². The van der Waals surface area contributed by atoms with E-state index >= 15 is 0 Å². The van der Waals surface area contributed by atoms with E-state index in [-0.39, 0.29) is 12.1 Å². The number of benzene rings is 1. The van der Waals surface area contributed by atoms with Crippen molar-refractivity contribution in [2.45, 2.75) is 24.8 Å². The summed E-state index contributed by atoms with van der Waals surface area (Å²) >= 11 is 0. The number of nitrogen functional groups attached to an aromatic ring is 1. The molecule has 0 aliphatic heterocycles. The van der Waals surface area contributed by atoms with Crippen LogP contribution < -0.4 is 11.5 Å². The molecule has 4 N–H and O–H groups in total. The quantitative estimate of drug-likeness (QED) is 0.609. The molecule has 2 nitrogen and oxygen atoms in total. The second-order valence-corrected chi connectivity index (χ2v) is 4.90. The maximum Gasteiger partial charge on any atom is 0.417 e. The Morgan fingerprint density at radius 3 is 2.18 bits per heavy atom. The molecule has 120 valence electrons. The highest BCUT2D eigenvalue weighted by atomic mass is 19.4. The van der Waals surface area contributed by atoms with Crippen LogP contribution in [-0.4, -0.2) is 12.2 Å². The molecule has 22 heavy (non-hydrogen) atoms. The molecule has 1 aromatic carbocycles. The van der Waals surface area contributed by atoms with E-state index in [0.717, 1.165) is 24.3 Å². The van der Waals surface area contributed by atoms with Gasteiger partial charge in [0, 0.05) is 11.7 Å². The van der Waals surface area contributed by atoms with E-state index < -0.39 is 40.7 Å². The van der Waals surface area contributed by atoms with Gasteiger partial charge in [0.15, 0.2) is 0 Å². The maximum absolute atomic E-state index is 13.1. The van der Waals surface area contributed by atoms with E-state index in [1.165, 1.54) is 0 Å². The van der Waals surface area contributed by atoms with E-state index in [0.29, 0.717) is 6.07 Å². The Bertz CT molecular complexity index is 640. The van der Waals surface area contributed by atoms with Gasteiger partial charge in [-0.2, -0.15) is 26.3 Å². The Balaban J connectivity index is 2.63. The van der Waals surface area contributed by atoms with Crippen molar-refractivity contribution in [1.29, 1.82) is 0 Å². The van der Waals surface area contributed by atoms with Crippen LogP contribution >= 0.6 is 0 Å². The van der Waals surface area contributed by atoms with Crippen LogP contribution in [0.4, 0.5) is 32.0 Å². The van der Waals surface area contributed by atoms with Gasteiger partial charge in [-0.05, 0) is 29.7 Å². The van der Waals surface area contributed by atoms with Crippen molar-refractivity contribution in [3.63, 3.8) is 0 Å². The van der Waals surface area contributed by atoms with Crippen molar-refractivity contribution < 1.29 is 26.3 Å². The second-order valence-electron chi connectivity index (χ2n) is 4.90. The smallest absolute Gasteiger partial charge is 0.399 e. The molecule has 0 fully saturated rings. The number of anilines is 1. The molecule has 0 radical (unpaired) electrons. The molecule has 0 aromatic heterocycles. The van der Waals surface area contributed by atoms with Gasteiger partial charge in [-0.15, -0.1) is 0 Å². The molecule has 1 atom stereocenters. The van der Waals surface area contributed by atoms with Crippen LogP contribution in [0.2, 0.25) is 0 Å². The number of alkyl halides is 6. The molecule has 0 heterocycles. The third-order valence-electron chi connectivity index (χ3n) is 3.21.